The lowest BCUT2D eigenvalue weighted by molar-refractivity contribution is -0.126. The number of amides is 1. The molecule has 0 bridgehead atoms. The third-order valence-corrected chi connectivity index (χ3v) is 6.06. The Morgan fingerprint density at radius 2 is 1.13 bits per heavy atom. The van der Waals surface area contributed by atoms with E-state index >= 15 is 0 Å². The minimum Gasteiger partial charge on any atom is -0.394 e. The van der Waals surface area contributed by atoms with Crippen molar-refractivity contribution in [1.82, 2.24) is 5.32 Å². The second-order valence-electron chi connectivity index (χ2n) is 9.04. The number of aliphatic hydroxyl groups is 4. The normalized spacial score (nSPS) is 15.4. The molecule has 1 amide bonds. The molecular formula is C25H51NO5. The Morgan fingerprint density at radius 1 is 0.677 bits per heavy atom. The summed E-state index contributed by atoms with van der Waals surface area (Å²) in [6.07, 6.45) is 14.1. The Hall–Kier alpha value is -0.690. The minimum atomic E-state index is -1.40. The summed E-state index contributed by atoms with van der Waals surface area (Å²) in [5.41, 5.74) is 0. The summed E-state index contributed by atoms with van der Waals surface area (Å²) in [4.78, 5) is 12.1. The quantitative estimate of drug-likeness (QED) is 0.160. The summed E-state index contributed by atoms with van der Waals surface area (Å²) in [6.45, 7) is 3.85. The Morgan fingerprint density at radius 3 is 1.61 bits per heavy atom. The zero-order chi connectivity index (χ0) is 23.3. The van der Waals surface area contributed by atoms with E-state index in [1.165, 1.54) is 51.4 Å². The maximum atomic E-state index is 12.1. The summed E-state index contributed by atoms with van der Waals surface area (Å²) < 4.78 is 0. The first-order valence-electron chi connectivity index (χ1n) is 12.9. The molecule has 186 valence electrons. The Balaban J connectivity index is 3.92. The topological polar surface area (TPSA) is 110 Å². The van der Waals surface area contributed by atoms with Gasteiger partial charge in [0.1, 0.15) is 12.2 Å². The number of carbonyl (C=O) groups is 1. The molecule has 0 fully saturated rings. The van der Waals surface area contributed by atoms with Crippen LogP contribution in [0.1, 0.15) is 123 Å². The molecule has 0 aliphatic heterocycles. The van der Waals surface area contributed by atoms with Crippen LogP contribution >= 0.6 is 0 Å². The molecule has 0 radical (unpaired) electrons. The van der Waals surface area contributed by atoms with Gasteiger partial charge in [0.25, 0.3) is 0 Å². The number of rotatable bonds is 22. The number of nitrogens with one attached hydrogen (secondary N) is 1. The van der Waals surface area contributed by atoms with E-state index in [-0.39, 0.29) is 5.91 Å². The molecule has 0 heterocycles. The first-order chi connectivity index (χ1) is 15.0. The SMILES string of the molecule is CCCCCCCCCCCCCC(=O)N[C@@H](CO)[C@H](O)[C@H](O)[C@H](O)CCCCCC. The van der Waals surface area contributed by atoms with Gasteiger partial charge in [-0.1, -0.05) is 104 Å². The van der Waals surface area contributed by atoms with Gasteiger partial charge >= 0.3 is 0 Å². The highest BCUT2D eigenvalue weighted by Gasteiger charge is 2.31. The predicted octanol–water partition coefficient (Wildman–Crippen LogP) is 4.22. The average Bonchev–Trinajstić information content (AvgIpc) is 2.77. The molecule has 0 spiro atoms. The number of aliphatic hydroxyl groups excluding tert-OH is 4. The van der Waals surface area contributed by atoms with E-state index in [0.717, 1.165) is 44.9 Å². The van der Waals surface area contributed by atoms with Crippen molar-refractivity contribution in [3.8, 4) is 0 Å². The molecule has 4 atom stereocenters. The summed E-state index contributed by atoms with van der Waals surface area (Å²) in [5, 5.41) is 42.6. The van der Waals surface area contributed by atoms with Gasteiger partial charge in [-0.2, -0.15) is 0 Å². The van der Waals surface area contributed by atoms with Crippen molar-refractivity contribution >= 4 is 5.91 Å². The molecule has 0 rings (SSSR count). The van der Waals surface area contributed by atoms with E-state index in [1.54, 1.807) is 0 Å². The number of unbranched alkanes of at least 4 members (excludes halogenated alkanes) is 13. The summed E-state index contributed by atoms with van der Waals surface area (Å²) in [7, 11) is 0. The molecule has 5 N–H and O–H groups in total. The van der Waals surface area contributed by atoms with Gasteiger partial charge < -0.3 is 25.7 Å². The summed E-state index contributed by atoms with van der Waals surface area (Å²) in [5.74, 6) is -0.237. The van der Waals surface area contributed by atoms with Crippen LogP contribution in [0.4, 0.5) is 0 Å². The van der Waals surface area contributed by atoms with E-state index in [2.05, 4.69) is 19.2 Å². The molecule has 0 aliphatic carbocycles. The first kappa shape index (κ1) is 30.3. The molecule has 0 aliphatic rings. The fourth-order valence-corrected chi connectivity index (χ4v) is 3.88. The highest BCUT2D eigenvalue weighted by Crippen LogP contribution is 2.14. The van der Waals surface area contributed by atoms with E-state index in [1.807, 2.05) is 0 Å². The van der Waals surface area contributed by atoms with Gasteiger partial charge in [-0.05, 0) is 12.8 Å². The Bertz CT molecular complexity index is 407. The zero-order valence-electron chi connectivity index (χ0n) is 20.2. The maximum absolute atomic E-state index is 12.1. The van der Waals surface area contributed by atoms with Crippen LogP contribution in [0.3, 0.4) is 0 Å². The van der Waals surface area contributed by atoms with Crippen LogP contribution in [0.2, 0.25) is 0 Å². The lowest BCUT2D eigenvalue weighted by Crippen LogP contribution is -2.53. The highest BCUT2D eigenvalue weighted by atomic mass is 16.4. The maximum Gasteiger partial charge on any atom is 0.220 e. The smallest absolute Gasteiger partial charge is 0.220 e. The van der Waals surface area contributed by atoms with Gasteiger partial charge in [-0.25, -0.2) is 0 Å². The number of hydrogen-bond acceptors (Lipinski definition) is 5. The lowest BCUT2D eigenvalue weighted by atomic mass is 9.97. The first-order valence-corrected chi connectivity index (χ1v) is 12.9. The Labute approximate surface area is 190 Å². The predicted molar refractivity (Wildman–Crippen MR) is 127 cm³/mol. The van der Waals surface area contributed by atoms with Crippen molar-refractivity contribution in [3.05, 3.63) is 0 Å². The van der Waals surface area contributed by atoms with E-state index in [4.69, 9.17) is 0 Å². The van der Waals surface area contributed by atoms with Gasteiger partial charge in [0.2, 0.25) is 5.91 Å². The van der Waals surface area contributed by atoms with Crippen molar-refractivity contribution in [2.24, 2.45) is 0 Å². The molecule has 0 saturated carbocycles. The van der Waals surface area contributed by atoms with Gasteiger partial charge in [-0.15, -0.1) is 0 Å². The van der Waals surface area contributed by atoms with Crippen molar-refractivity contribution in [2.45, 2.75) is 147 Å². The largest absolute Gasteiger partial charge is 0.394 e. The van der Waals surface area contributed by atoms with Crippen molar-refractivity contribution in [3.63, 3.8) is 0 Å². The Kier molecular flexibility index (Phi) is 20.7. The van der Waals surface area contributed by atoms with Gasteiger partial charge in [0.15, 0.2) is 0 Å². The number of carbonyl (C=O) groups excluding carboxylic acids is 1. The molecule has 0 saturated heterocycles. The van der Waals surface area contributed by atoms with Crippen molar-refractivity contribution in [2.75, 3.05) is 6.61 Å². The molecule has 0 aromatic heterocycles. The van der Waals surface area contributed by atoms with E-state index in [0.29, 0.717) is 12.8 Å². The van der Waals surface area contributed by atoms with Crippen LogP contribution in [0.25, 0.3) is 0 Å². The molecular weight excluding hydrogens is 394 g/mol. The monoisotopic (exact) mass is 445 g/mol. The second kappa shape index (κ2) is 21.2. The van der Waals surface area contributed by atoms with Gasteiger partial charge in [-0.3, -0.25) is 4.79 Å². The van der Waals surface area contributed by atoms with Crippen LogP contribution in [0.15, 0.2) is 0 Å². The third kappa shape index (κ3) is 16.6. The van der Waals surface area contributed by atoms with Crippen molar-refractivity contribution in [1.29, 1.82) is 0 Å². The molecule has 0 aromatic rings. The molecule has 0 aromatic carbocycles. The molecule has 6 nitrogen and oxygen atoms in total. The number of hydrogen-bond donors (Lipinski definition) is 5. The third-order valence-electron chi connectivity index (χ3n) is 6.06. The van der Waals surface area contributed by atoms with Crippen LogP contribution in [0, 0.1) is 0 Å². The average molecular weight is 446 g/mol. The lowest BCUT2D eigenvalue weighted by Gasteiger charge is -2.29. The van der Waals surface area contributed by atoms with Crippen LogP contribution in [0.5, 0.6) is 0 Å². The van der Waals surface area contributed by atoms with Crippen LogP contribution < -0.4 is 5.32 Å². The summed E-state index contributed by atoms with van der Waals surface area (Å²) in [6, 6.07) is -0.972. The fraction of sp³-hybridized carbons (Fsp3) is 0.960. The highest BCUT2D eigenvalue weighted by molar-refractivity contribution is 5.76. The fourth-order valence-electron chi connectivity index (χ4n) is 3.88. The molecule has 6 heteroatoms. The van der Waals surface area contributed by atoms with Crippen LogP contribution in [-0.2, 0) is 4.79 Å². The van der Waals surface area contributed by atoms with Crippen LogP contribution in [-0.4, -0.2) is 57.3 Å². The molecule has 0 unspecified atom stereocenters. The summed E-state index contributed by atoms with van der Waals surface area (Å²) >= 11 is 0. The molecule has 31 heavy (non-hydrogen) atoms. The van der Waals surface area contributed by atoms with Crippen molar-refractivity contribution < 1.29 is 25.2 Å². The standard InChI is InChI=1S/C25H51NO5/c1-3-5-7-9-10-11-12-13-14-15-17-19-23(29)26-21(20-27)24(30)25(31)22(28)18-16-8-6-4-2/h21-22,24-25,27-28,30-31H,3-20H2,1-2H3,(H,26,29)/t21-,22+,24-,25+/m0/s1. The van der Waals surface area contributed by atoms with Gasteiger partial charge in [0, 0.05) is 6.42 Å². The van der Waals surface area contributed by atoms with Gasteiger partial charge in [0.05, 0.1) is 18.8 Å². The van der Waals surface area contributed by atoms with E-state index in [9.17, 15) is 25.2 Å². The van der Waals surface area contributed by atoms with E-state index < -0.39 is 31.0 Å². The second-order valence-corrected chi connectivity index (χ2v) is 9.04. The zero-order valence-corrected chi connectivity index (χ0v) is 20.2. The minimum absolute atomic E-state index is 0.237.